The van der Waals surface area contributed by atoms with Crippen LogP contribution in [-0.4, -0.2) is 16.8 Å². The maximum Gasteiger partial charge on any atom is 0.695 e. The summed E-state index contributed by atoms with van der Waals surface area (Å²) in [6.45, 7) is 10.2. The summed E-state index contributed by atoms with van der Waals surface area (Å²) in [6, 6.07) is 0. The molecular weight excluding hydrogens is 429 g/mol. The number of hydrogen-bond acceptors (Lipinski definition) is 4. The van der Waals surface area contributed by atoms with E-state index in [4.69, 9.17) is 14.3 Å². The normalized spacial score (nSPS) is 48.5. The fraction of sp³-hybridized carbons (Fsp3) is 0.917. The van der Waals surface area contributed by atoms with Gasteiger partial charge in [0.1, 0.15) is 0 Å². The number of nitrogens with zero attached hydrogens (tertiary/aromatic N) is 1. The predicted octanol–water partition coefficient (Wildman–Crippen LogP) is 6.68. The largest absolute Gasteiger partial charge is 0.695 e. The second-order valence-electron chi connectivity index (χ2n) is 12.2. The van der Waals surface area contributed by atoms with Crippen LogP contribution in [0.2, 0.25) is 0 Å². The van der Waals surface area contributed by atoms with Crippen LogP contribution in [0.1, 0.15) is 85.5 Å². The Morgan fingerprint density at radius 2 is 1.87 bits per heavy atom. The minimum Gasteiger partial charge on any atom is -0.351 e. The first-order valence-corrected chi connectivity index (χ1v) is 14.7. The van der Waals surface area contributed by atoms with Crippen molar-refractivity contribution < 1.29 is 18.8 Å². The van der Waals surface area contributed by atoms with Crippen LogP contribution in [0.25, 0.3) is 0 Å². The molecule has 4 fully saturated rings. The third-order valence-corrected chi connectivity index (χ3v) is 12.7. The average molecular weight is 469 g/mol. The van der Waals surface area contributed by atoms with E-state index in [-0.39, 0.29) is 17.3 Å². The SMILES string of the molecule is CC1(C)CC[C@@]2(C)C(CC[C@@H]3C2CC[C@@]2(C)C3CC[C@@H]2S2=NOC(CO[P+](=O)O)=C2)C1. The summed E-state index contributed by atoms with van der Waals surface area (Å²) in [5.74, 6) is 4.11. The zero-order valence-corrected chi connectivity index (χ0v) is 21.2. The maximum absolute atomic E-state index is 10.8. The summed E-state index contributed by atoms with van der Waals surface area (Å²) in [6.07, 6.45) is 12.3. The monoisotopic (exact) mass is 468 g/mol. The molecule has 4 aliphatic carbocycles. The third-order valence-electron chi connectivity index (χ3n) is 10.2. The van der Waals surface area contributed by atoms with E-state index in [1.54, 1.807) is 0 Å². The zero-order valence-electron chi connectivity index (χ0n) is 19.5. The lowest BCUT2D eigenvalue weighted by atomic mass is 9.43. The smallest absolute Gasteiger partial charge is 0.351 e. The van der Waals surface area contributed by atoms with Crippen molar-refractivity contribution in [3.8, 4) is 0 Å². The van der Waals surface area contributed by atoms with Gasteiger partial charge < -0.3 is 4.84 Å². The standard InChI is InChI=1S/C24H38NO4PS/c1-22(2)11-12-23(3)16(13-22)5-6-18-19-7-8-21(24(19,4)10-9-20(18)23)31-15-17(29-25-31)14-28-30(26)27/h15-16,18-21H,5-14H2,1-4H3/p+1/t16?,18-,19?,20?,21-,23-,24-,31?/m0/s1. The van der Waals surface area contributed by atoms with Gasteiger partial charge in [-0.2, -0.15) is 0 Å². The lowest BCUT2D eigenvalue weighted by molar-refractivity contribution is -0.120. The van der Waals surface area contributed by atoms with Crippen LogP contribution < -0.4 is 0 Å². The molecule has 1 N–H and O–H groups in total. The Morgan fingerprint density at radius 1 is 1.10 bits per heavy atom. The Labute approximate surface area is 190 Å². The quantitative estimate of drug-likeness (QED) is 0.467. The molecule has 0 aromatic carbocycles. The molecule has 5 unspecified atom stereocenters. The van der Waals surface area contributed by atoms with Crippen LogP contribution in [0.4, 0.5) is 0 Å². The molecule has 174 valence electrons. The fourth-order valence-electron chi connectivity index (χ4n) is 8.57. The van der Waals surface area contributed by atoms with Gasteiger partial charge in [0.2, 0.25) is 0 Å². The minimum atomic E-state index is -2.60. The van der Waals surface area contributed by atoms with Crippen LogP contribution in [-0.2, 0) is 24.6 Å². The van der Waals surface area contributed by atoms with Crippen LogP contribution in [0, 0.1) is 39.9 Å². The Balaban J connectivity index is 1.33. The van der Waals surface area contributed by atoms with Crippen LogP contribution >= 0.6 is 8.25 Å². The second-order valence-corrected chi connectivity index (χ2v) is 14.6. The second kappa shape index (κ2) is 7.89. The molecule has 1 heterocycles. The van der Waals surface area contributed by atoms with Gasteiger partial charge in [0, 0.05) is 15.2 Å². The molecule has 5 aliphatic rings. The molecule has 0 spiro atoms. The van der Waals surface area contributed by atoms with Crippen molar-refractivity contribution in [1.29, 1.82) is 0 Å². The number of fused-ring (bicyclic) bond motifs is 5. The van der Waals surface area contributed by atoms with Gasteiger partial charge in [-0.3, -0.25) is 0 Å². The topological polar surface area (TPSA) is 68.1 Å². The van der Waals surface area contributed by atoms with Crippen molar-refractivity contribution in [2.75, 3.05) is 6.61 Å². The van der Waals surface area contributed by atoms with Gasteiger partial charge in [-0.1, -0.05) is 32.2 Å². The molecule has 0 radical (unpaired) electrons. The Morgan fingerprint density at radius 3 is 2.65 bits per heavy atom. The molecule has 9 atom stereocenters. The van der Waals surface area contributed by atoms with Crippen LogP contribution in [0.5, 0.6) is 0 Å². The molecule has 0 aromatic heterocycles. The molecule has 5 nitrogen and oxygen atoms in total. The molecular formula is C24H39NO4PS+. The van der Waals surface area contributed by atoms with Crippen molar-refractivity contribution >= 4 is 18.9 Å². The van der Waals surface area contributed by atoms with Gasteiger partial charge >= 0.3 is 8.25 Å². The lowest BCUT2D eigenvalue weighted by Gasteiger charge is -2.62. The maximum atomic E-state index is 10.8. The van der Waals surface area contributed by atoms with Crippen molar-refractivity contribution in [2.24, 2.45) is 44.4 Å². The van der Waals surface area contributed by atoms with Crippen LogP contribution in [0.3, 0.4) is 0 Å². The Kier molecular flexibility index (Phi) is 5.73. The van der Waals surface area contributed by atoms with Crippen molar-refractivity contribution in [1.82, 2.24) is 0 Å². The first-order valence-electron chi connectivity index (χ1n) is 12.2. The van der Waals surface area contributed by atoms with Gasteiger partial charge in [-0.15, -0.1) is 9.42 Å². The molecule has 7 heteroatoms. The summed E-state index contributed by atoms with van der Waals surface area (Å²) < 4.78 is 20.2. The van der Waals surface area contributed by atoms with E-state index < -0.39 is 8.25 Å². The van der Waals surface area contributed by atoms with Crippen molar-refractivity contribution in [3.05, 3.63) is 11.2 Å². The van der Waals surface area contributed by atoms with E-state index in [0.29, 0.717) is 27.3 Å². The summed E-state index contributed by atoms with van der Waals surface area (Å²) in [5.41, 5.74) is 1.41. The van der Waals surface area contributed by atoms with E-state index in [1.165, 1.54) is 57.8 Å². The van der Waals surface area contributed by atoms with E-state index in [9.17, 15) is 4.57 Å². The Hall–Kier alpha value is -0.290. The minimum absolute atomic E-state index is 0.0341. The van der Waals surface area contributed by atoms with E-state index in [1.807, 2.05) is 0 Å². The third kappa shape index (κ3) is 3.78. The Bertz CT molecular complexity index is 828. The molecule has 1 aliphatic heterocycles. The molecule has 0 bridgehead atoms. The van der Waals surface area contributed by atoms with Gasteiger partial charge in [0.15, 0.2) is 12.4 Å². The van der Waals surface area contributed by atoms with E-state index in [2.05, 4.69) is 37.6 Å². The first-order chi connectivity index (χ1) is 14.6. The van der Waals surface area contributed by atoms with Gasteiger partial charge in [-0.25, -0.2) is 0 Å². The highest BCUT2D eigenvalue weighted by Gasteiger charge is 2.61. The number of hydrogen-bond donors (Lipinski definition) is 1. The van der Waals surface area contributed by atoms with Crippen LogP contribution in [0.15, 0.2) is 15.7 Å². The lowest BCUT2D eigenvalue weighted by Crippen LogP contribution is -2.54. The molecule has 0 aromatic rings. The first kappa shape index (κ1) is 22.5. The summed E-state index contributed by atoms with van der Waals surface area (Å²) in [4.78, 5) is 14.4. The van der Waals surface area contributed by atoms with Gasteiger partial charge in [0.05, 0.1) is 0 Å². The van der Waals surface area contributed by atoms with Gasteiger partial charge in [0.25, 0.3) is 0 Å². The zero-order chi connectivity index (χ0) is 22.0. The van der Waals surface area contributed by atoms with E-state index >= 15 is 0 Å². The highest BCUT2D eigenvalue weighted by Crippen LogP contribution is 2.68. The summed E-state index contributed by atoms with van der Waals surface area (Å²) in [5, 5.41) is 2.61. The molecule has 4 saturated carbocycles. The highest BCUT2D eigenvalue weighted by atomic mass is 32.2. The molecule has 0 saturated heterocycles. The molecule has 31 heavy (non-hydrogen) atoms. The predicted molar refractivity (Wildman–Crippen MR) is 124 cm³/mol. The highest BCUT2D eigenvalue weighted by molar-refractivity contribution is 7.91. The molecule has 0 amide bonds. The average Bonchev–Trinajstić information content (AvgIpc) is 3.30. The van der Waals surface area contributed by atoms with Crippen molar-refractivity contribution in [2.45, 2.75) is 90.7 Å². The van der Waals surface area contributed by atoms with E-state index in [0.717, 1.165) is 23.7 Å². The molecule has 5 rings (SSSR count). The summed E-state index contributed by atoms with van der Waals surface area (Å²) in [7, 11) is -2.86. The summed E-state index contributed by atoms with van der Waals surface area (Å²) >= 11 is 0. The van der Waals surface area contributed by atoms with Crippen molar-refractivity contribution in [3.63, 3.8) is 0 Å². The number of rotatable bonds is 4. The fourth-order valence-corrected chi connectivity index (χ4v) is 10.9. The van der Waals surface area contributed by atoms with Gasteiger partial charge in [-0.05, 0) is 108 Å².